The first kappa shape index (κ1) is 12.1. The SMILES string of the molecule is O=C(NCCCCCCO)c1cnns1. The number of hydrogen-bond acceptors (Lipinski definition) is 5. The molecule has 1 rings (SSSR count). The lowest BCUT2D eigenvalue weighted by Crippen LogP contribution is -2.23. The molecule has 84 valence electrons. The Labute approximate surface area is 92.7 Å². The van der Waals surface area contributed by atoms with Crippen LogP contribution in [0.15, 0.2) is 6.20 Å². The molecule has 1 aromatic rings. The molecule has 0 radical (unpaired) electrons. The smallest absolute Gasteiger partial charge is 0.264 e. The fraction of sp³-hybridized carbons (Fsp3) is 0.667. The molecule has 0 atom stereocenters. The first-order chi connectivity index (χ1) is 7.34. The Balaban J connectivity index is 2.03. The molecule has 5 nitrogen and oxygen atoms in total. The Morgan fingerprint density at radius 3 is 2.87 bits per heavy atom. The highest BCUT2D eigenvalue weighted by atomic mass is 32.1. The number of nitrogens with zero attached hydrogens (tertiary/aromatic N) is 2. The molecule has 6 heteroatoms. The van der Waals surface area contributed by atoms with Crippen molar-refractivity contribution < 1.29 is 9.90 Å². The highest BCUT2D eigenvalue weighted by Gasteiger charge is 2.06. The molecular formula is C9H15N3O2S. The summed E-state index contributed by atoms with van der Waals surface area (Å²) in [5.74, 6) is -0.104. The van der Waals surface area contributed by atoms with E-state index in [1.807, 2.05) is 0 Å². The Bertz CT molecular complexity index is 277. The summed E-state index contributed by atoms with van der Waals surface area (Å²) in [4.78, 5) is 11.9. The summed E-state index contributed by atoms with van der Waals surface area (Å²) in [6, 6.07) is 0. The minimum atomic E-state index is -0.104. The summed E-state index contributed by atoms with van der Waals surface area (Å²) >= 11 is 1.10. The van der Waals surface area contributed by atoms with Gasteiger partial charge in [0.2, 0.25) is 0 Å². The number of carbonyl (C=O) groups is 1. The summed E-state index contributed by atoms with van der Waals surface area (Å²) in [6.45, 7) is 0.918. The van der Waals surface area contributed by atoms with Gasteiger partial charge in [0, 0.05) is 13.2 Å². The molecule has 0 saturated heterocycles. The van der Waals surface area contributed by atoms with Crippen LogP contribution in [0, 0.1) is 0 Å². The molecular weight excluding hydrogens is 214 g/mol. The fourth-order valence-electron chi connectivity index (χ4n) is 1.15. The summed E-state index contributed by atoms with van der Waals surface area (Å²) in [6.07, 6.45) is 5.28. The van der Waals surface area contributed by atoms with Gasteiger partial charge in [0.05, 0.1) is 6.20 Å². The average molecular weight is 229 g/mol. The lowest BCUT2D eigenvalue weighted by atomic mass is 10.2. The number of aromatic nitrogens is 2. The van der Waals surface area contributed by atoms with Gasteiger partial charge in [-0.2, -0.15) is 0 Å². The van der Waals surface area contributed by atoms with E-state index in [1.54, 1.807) is 0 Å². The van der Waals surface area contributed by atoms with Gasteiger partial charge in [0.25, 0.3) is 5.91 Å². The second kappa shape index (κ2) is 7.30. The number of aliphatic hydroxyl groups excluding tert-OH is 1. The molecule has 0 bridgehead atoms. The van der Waals surface area contributed by atoms with Crippen LogP contribution in [0.3, 0.4) is 0 Å². The van der Waals surface area contributed by atoms with Gasteiger partial charge < -0.3 is 10.4 Å². The maximum atomic E-state index is 11.4. The van der Waals surface area contributed by atoms with Crippen LogP contribution in [-0.2, 0) is 0 Å². The third kappa shape index (κ3) is 4.85. The molecule has 0 aliphatic rings. The monoisotopic (exact) mass is 229 g/mol. The number of unbranched alkanes of at least 4 members (excludes halogenated alkanes) is 3. The van der Waals surface area contributed by atoms with Gasteiger partial charge in [0.15, 0.2) is 0 Å². The van der Waals surface area contributed by atoms with Crippen molar-refractivity contribution in [2.75, 3.05) is 13.2 Å². The third-order valence-corrected chi connectivity index (χ3v) is 2.62. The highest BCUT2D eigenvalue weighted by molar-refractivity contribution is 7.07. The van der Waals surface area contributed by atoms with Crippen LogP contribution in [0.25, 0.3) is 0 Å². The number of aliphatic hydroxyl groups is 1. The van der Waals surface area contributed by atoms with Crippen molar-refractivity contribution >= 4 is 17.4 Å². The Hall–Kier alpha value is -1.01. The summed E-state index contributed by atoms with van der Waals surface area (Å²) in [5.41, 5.74) is 0. The van der Waals surface area contributed by atoms with Gasteiger partial charge in [-0.3, -0.25) is 4.79 Å². The molecule has 0 fully saturated rings. The zero-order valence-corrected chi connectivity index (χ0v) is 9.29. The van der Waals surface area contributed by atoms with E-state index in [-0.39, 0.29) is 12.5 Å². The van der Waals surface area contributed by atoms with Crippen molar-refractivity contribution in [2.24, 2.45) is 0 Å². The van der Waals surface area contributed by atoms with Gasteiger partial charge in [-0.1, -0.05) is 17.3 Å². The first-order valence-corrected chi connectivity index (χ1v) is 5.78. The molecule has 15 heavy (non-hydrogen) atoms. The number of amides is 1. The Morgan fingerprint density at radius 1 is 1.40 bits per heavy atom. The second-order valence-corrected chi connectivity index (χ2v) is 3.96. The average Bonchev–Trinajstić information content (AvgIpc) is 2.76. The molecule has 1 heterocycles. The molecule has 0 saturated carbocycles. The Kier molecular flexibility index (Phi) is 5.87. The summed E-state index contributed by atoms with van der Waals surface area (Å²) < 4.78 is 3.62. The molecule has 1 aromatic heterocycles. The minimum Gasteiger partial charge on any atom is -0.396 e. The predicted molar refractivity (Wildman–Crippen MR) is 57.8 cm³/mol. The predicted octanol–water partition coefficient (Wildman–Crippen LogP) is 0.821. The van der Waals surface area contributed by atoms with E-state index in [1.165, 1.54) is 6.20 Å². The van der Waals surface area contributed by atoms with E-state index in [9.17, 15) is 4.79 Å². The molecule has 0 unspecified atom stereocenters. The van der Waals surface area contributed by atoms with E-state index in [2.05, 4.69) is 14.9 Å². The van der Waals surface area contributed by atoms with Crippen LogP contribution in [0.5, 0.6) is 0 Å². The quantitative estimate of drug-likeness (QED) is 0.679. The standard InChI is InChI=1S/C9H15N3O2S/c13-6-4-2-1-3-5-10-9(14)8-7-11-12-15-8/h7,13H,1-6H2,(H,10,14). The summed E-state index contributed by atoms with van der Waals surface area (Å²) in [5, 5.41) is 14.9. The van der Waals surface area contributed by atoms with Crippen molar-refractivity contribution in [3.8, 4) is 0 Å². The van der Waals surface area contributed by atoms with Gasteiger partial charge in [-0.25, -0.2) is 0 Å². The highest BCUT2D eigenvalue weighted by Crippen LogP contribution is 2.02. The second-order valence-electron chi connectivity index (χ2n) is 3.18. The topological polar surface area (TPSA) is 75.1 Å². The molecule has 0 aromatic carbocycles. The van der Waals surface area contributed by atoms with Crippen molar-refractivity contribution in [3.63, 3.8) is 0 Å². The largest absolute Gasteiger partial charge is 0.396 e. The van der Waals surface area contributed by atoms with Crippen LogP contribution < -0.4 is 5.32 Å². The molecule has 1 amide bonds. The number of nitrogens with one attached hydrogen (secondary N) is 1. The first-order valence-electron chi connectivity index (χ1n) is 5.01. The lowest BCUT2D eigenvalue weighted by molar-refractivity contribution is 0.0956. The normalized spacial score (nSPS) is 10.2. The minimum absolute atomic E-state index is 0.104. The van der Waals surface area contributed by atoms with E-state index >= 15 is 0 Å². The third-order valence-electron chi connectivity index (χ3n) is 1.96. The van der Waals surface area contributed by atoms with E-state index in [4.69, 9.17) is 5.11 Å². The van der Waals surface area contributed by atoms with Gasteiger partial charge in [0.1, 0.15) is 4.88 Å². The maximum Gasteiger partial charge on any atom is 0.264 e. The van der Waals surface area contributed by atoms with E-state index < -0.39 is 0 Å². The summed E-state index contributed by atoms with van der Waals surface area (Å²) in [7, 11) is 0. The lowest BCUT2D eigenvalue weighted by Gasteiger charge is -2.02. The van der Waals surface area contributed by atoms with Gasteiger partial charge in [-0.15, -0.1) is 5.10 Å². The van der Waals surface area contributed by atoms with Crippen LogP contribution >= 0.6 is 11.5 Å². The van der Waals surface area contributed by atoms with Crippen LogP contribution in [0.1, 0.15) is 35.4 Å². The van der Waals surface area contributed by atoms with Gasteiger partial charge in [-0.05, 0) is 24.4 Å². The van der Waals surface area contributed by atoms with Crippen molar-refractivity contribution in [1.29, 1.82) is 0 Å². The molecule has 0 spiro atoms. The maximum absolute atomic E-state index is 11.4. The van der Waals surface area contributed by atoms with Crippen molar-refractivity contribution in [3.05, 3.63) is 11.1 Å². The van der Waals surface area contributed by atoms with Gasteiger partial charge >= 0.3 is 0 Å². The van der Waals surface area contributed by atoms with E-state index in [0.29, 0.717) is 11.4 Å². The number of hydrogen-bond donors (Lipinski definition) is 2. The zero-order chi connectivity index (χ0) is 10.9. The van der Waals surface area contributed by atoms with Crippen molar-refractivity contribution in [1.82, 2.24) is 14.9 Å². The van der Waals surface area contributed by atoms with E-state index in [0.717, 1.165) is 37.2 Å². The molecule has 2 N–H and O–H groups in total. The Morgan fingerprint density at radius 2 is 2.20 bits per heavy atom. The van der Waals surface area contributed by atoms with Crippen LogP contribution in [0.4, 0.5) is 0 Å². The molecule has 0 aliphatic heterocycles. The van der Waals surface area contributed by atoms with Crippen LogP contribution in [-0.4, -0.2) is 33.8 Å². The molecule has 0 aliphatic carbocycles. The zero-order valence-electron chi connectivity index (χ0n) is 8.48. The van der Waals surface area contributed by atoms with Crippen LogP contribution in [0.2, 0.25) is 0 Å². The fourth-order valence-corrected chi connectivity index (χ4v) is 1.58. The number of carbonyl (C=O) groups excluding carboxylic acids is 1. The van der Waals surface area contributed by atoms with Crippen molar-refractivity contribution in [2.45, 2.75) is 25.7 Å². The number of rotatable bonds is 7.